The van der Waals surface area contributed by atoms with Crippen LogP contribution in [-0.4, -0.2) is 55.5 Å². The Balaban J connectivity index is 1.24. The molecular formula is C34H22N6O13S2. The molecule has 0 fully saturated rings. The molecule has 19 nitrogen and oxygen atoms in total. The standard InChI is InChI=1S/C34H22N6O13S2/c41-31-23(33(43)44)15-17-3-1-5-25(54-53-52-48)27(17)29(31)37-35-19-7-9-21(10-8-19)39-40(47)22-13-11-20(12-14-22)36-38-30-28-18(16-24(32(30)42)34(45)46)4-2-6-26(28)55(49,50)51/h1-16,41-42,48H,(H,43,44)(H,45,46)(H,49,50,51). The topological polar surface area (TPSA) is 296 Å². The van der Waals surface area contributed by atoms with Crippen molar-refractivity contribution in [3.63, 3.8) is 0 Å². The van der Waals surface area contributed by atoms with E-state index in [-0.39, 0.29) is 44.6 Å². The van der Waals surface area contributed by atoms with Gasteiger partial charge >= 0.3 is 11.9 Å². The van der Waals surface area contributed by atoms with Crippen molar-refractivity contribution in [2.24, 2.45) is 25.6 Å². The first-order valence-electron chi connectivity index (χ1n) is 15.2. The number of carbonyl (C=O) groups is 2. The molecule has 0 spiro atoms. The molecule has 0 aliphatic rings. The summed E-state index contributed by atoms with van der Waals surface area (Å²) in [6.45, 7) is 0. The highest BCUT2D eigenvalue weighted by Gasteiger charge is 2.24. The van der Waals surface area contributed by atoms with E-state index in [1.54, 1.807) is 18.2 Å². The van der Waals surface area contributed by atoms with Gasteiger partial charge in [-0.3, -0.25) is 4.55 Å². The minimum Gasteiger partial charge on any atom is -0.594 e. The Morgan fingerprint density at radius 2 is 1.18 bits per heavy atom. The summed E-state index contributed by atoms with van der Waals surface area (Å²) in [5.41, 5.74) is -1.18. The number of aromatic hydroxyl groups is 2. The number of carboxylic acid groups (broad SMARTS) is 2. The Labute approximate surface area is 311 Å². The van der Waals surface area contributed by atoms with E-state index < -0.39 is 55.3 Å². The zero-order chi connectivity index (χ0) is 39.4. The van der Waals surface area contributed by atoms with Crippen molar-refractivity contribution in [2.75, 3.05) is 0 Å². The third kappa shape index (κ3) is 8.06. The second-order valence-corrected chi connectivity index (χ2v) is 13.2. The van der Waals surface area contributed by atoms with Gasteiger partial charge in [0.25, 0.3) is 10.1 Å². The van der Waals surface area contributed by atoms with Crippen molar-refractivity contribution in [3.8, 4) is 11.5 Å². The molecule has 0 unspecified atom stereocenters. The average molecular weight is 787 g/mol. The zero-order valence-corrected chi connectivity index (χ0v) is 28.9. The fourth-order valence-corrected chi connectivity index (χ4v) is 6.51. The van der Waals surface area contributed by atoms with Crippen LogP contribution in [0.4, 0.5) is 34.1 Å². The molecule has 0 radical (unpaired) electrons. The molecule has 55 heavy (non-hydrogen) atoms. The summed E-state index contributed by atoms with van der Waals surface area (Å²) in [5.74, 6) is -4.50. The van der Waals surface area contributed by atoms with Gasteiger partial charge in [0, 0.05) is 32.9 Å². The van der Waals surface area contributed by atoms with Crippen LogP contribution in [0.1, 0.15) is 20.7 Å². The molecule has 21 heteroatoms. The van der Waals surface area contributed by atoms with Gasteiger partial charge in [-0.2, -0.15) is 18.6 Å². The Kier molecular flexibility index (Phi) is 10.7. The number of phenols is 2. The second-order valence-electron chi connectivity index (χ2n) is 11.1. The van der Waals surface area contributed by atoms with Crippen molar-refractivity contribution in [3.05, 3.63) is 113 Å². The normalized spacial score (nSPS) is 12.3. The predicted molar refractivity (Wildman–Crippen MR) is 192 cm³/mol. The van der Waals surface area contributed by atoms with Gasteiger partial charge in [0.15, 0.2) is 11.5 Å². The molecule has 0 bridgehead atoms. The highest BCUT2D eigenvalue weighted by atomic mass is 32.2. The number of azo groups is 3. The first kappa shape index (κ1) is 37.9. The van der Waals surface area contributed by atoms with Crippen LogP contribution in [0.5, 0.6) is 11.5 Å². The van der Waals surface area contributed by atoms with Gasteiger partial charge in [0.2, 0.25) is 5.69 Å². The SMILES string of the molecule is O=C(O)c1cc2cccc(SOOO)c2c(N=Nc2ccc(N=[N+]([O-])c3ccc(N=Nc4c(O)c(C(=O)O)cc5cccc(S(=O)(=O)O)c45)cc3)cc2)c1O. The number of aromatic carboxylic acids is 2. The number of hydrogen-bond donors (Lipinski definition) is 6. The van der Waals surface area contributed by atoms with Crippen molar-refractivity contribution in [1.29, 1.82) is 0 Å². The van der Waals surface area contributed by atoms with Crippen molar-refractivity contribution < 1.29 is 62.5 Å². The highest BCUT2D eigenvalue weighted by Crippen LogP contribution is 2.45. The van der Waals surface area contributed by atoms with E-state index in [4.69, 9.17) is 5.26 Å². The number of hydrogen-bond acceptors (Lipinski definition) is 16. The zero-order valence-electron chi connectivity index (χ0n) is 27.3. The molecule has 0 aliphatic heterocycles. The van der Waals surface area contributed by atoms with E-state index in [0.717, 1.165) is 12.1 Å². The fraction of sp³-hybridized carbons (Fsp3) is 0. The van der Waals surface area contributed by atoms with Crippen LogP contribution in [0.3, 0.4) is 0 Å². The monoisotopic (exact) mass is 786 g/mol. The van der Waals surface area contributed by atoms with Crippen molar-refractivity contribution >= 4 is 89.8 Å². The van der Waals surface area contributed by atoms with E-state index in [1.165, 1.54) is 66.7 Å². The van der Waals surface area contributed by atoms with E-state index in [9.17, 15) is 48.2 Å². The fourth-order valence-electron chi connectivity index (χ4n) is 5.25. The molecular weight excluding hydrogens is 765 g/mol. The number of carboxylic acids is 2. The molecule has 278 valence electrons. The minimum atomic E-state index is -4.82. The lowest BCUT2D eigenvalue weighted by Crippen LogP contribution is -2.01. The van der Waals surface area contributed by atoms with Crippen LogP contribution in [0.15, 0.2) is 132 Å². The predicted octanol–water partition coefficient (Wildman–Crippen LogP) is 9.23. The Hall–Kier alpha value is -6.88. The maximum atomic E-state index is 12.9. The first-order chi connectivity index (χ1) is 26.3. The van der Waals surface area contributed by atoms with Gasteiger partial charge in [0.05, 0.1) is 23.4 Å². The van der Waals surface area contributed by atoms with E-state index >= 15 is 0 Å². The maximum Gasteiger partial charge on any atom is 0.339 e. The molecule has 0 aromatic heterocycles. The Morgan fingerprint density at radius 1 is 0.691 bits per heavy atom. The third-order valence-corrected chi connectivity index (χ3v) is 9.24. The van der Waals surface area contributed by atoms with Crippen LogP contribution in [0, 0.1) is 5.21 Å². The van der Waals surface area contributed by atoms with Gasteiger partial charge in [-0.25, -0.2) is 14.8 Å². The maximum absolute atomic E-state index is 12.9. The summed E-state index contributed by atoms with van der Waals surface area (Å²) in [7, 11) is -4.82. The largest absolute Gasteiger partial charge is 0.594 e. The lowest BCUT2D eigenvalue weighted by atomic mass is 10.0. The summed E-state index contributed by atoms with van der Waals surface area (Å²) >= 11 is 0.578. The quantitative estimate of drug-likeness (QED) is 0.0168. The summed E-state index contributed by atoms with van der Waals surface area (Å²) in [6.07, 6.45) is 0. The Bertz CT molecular complexity index is 2710. The van der Waals surface area contributed by atoms with Gasteiger partial charge in [-0.1, -0.05) is 34.2 Å². The summed E-state index contributed by atoms with van der Waals surface area (Å²) in [5, 5.41) is 86.1. The van der Waals surface area contributed by atoms with Crippen molar-refractivity contribution in [2.45, 2.75) is 9.79 Å². The lowest BCUT2D eigenvalue weighted by molar-refractivity contribution is -0.435. The van der Waals surface area contributed by atoms with Gasteiger partial charge in [-0.15, -0.1) is 14.6 Å². The molecule has 6 aromatic carbocycles. The molecule has 0 heterocycles. The van der Waals surface area contributed by atoms with Gasteiger partial charge in [0.1, 0.15) is 33.1 Å². The van der Waals surface area contributed by atoms with E-state index in [0.29, 0.717) is 27.2 Å². The van der Waals surface area contributed by atoms with Gasteiger partial charge in [-0.05, 0) is 71.4 Å². The molecule has 6 N–H and O–H groups in total. The molecule has 6 aromatic rings. The molecule has 0 saturated carbocycles. The number of rotatable bonds is 12. The van der Waals surface area contributed by atoms with E-state index in [1.807, 2.05) is 0 Å². The van der Waals surface area contributed by atoms with Crippen molar-refractivity contribution in [1.82, 2.24) is 0 Å². The summed E-state index contributed by atoms with van der Waals surface area (Å²) in [6, 6.07) is 21.8. The van der Waals surface area contributed by atoms with Crippen LogP contribution in [0.2, 0.25) is 0 Å². The van der Waals surface area contributed by atoms with Crippen LogP contribution in [0.25, 0.3) is 21.5 Å². The van der Waals surface area contributed by atoms with Crippen LogP contribution in [-0.2, 0) is 19.5 Å². The molecule has 0 amide bonds. The lowest BCUT2D eigenvalue weighted by Gasteiger charge is -2.10. The molecule has 0 saturated heterocycles. The smallest absolute Gasteiger partial charge is 0.339 e. The van der Waals surface area contributed by atoms with Gasteiger partial charge < -0.3 is 25.6 Å². The summed E-state index contributed by atoms with van der Waals surface area (Å²) in [4.78, 5) is 23.5. The molecule has 0 aliphatic carbocycles. The summed E-state index contributed by atoms with van der Waals surface area (Å²) < 4.78 is 38.4. The van der Waals surface area contributed by atoms with E-state index in [2.05, 4.69) is 34.9 Å². The average Bonchev–Trinajstić information content (AvgIpc) is 3.15. The molecule has 0 atom stereocenters. The third-order valence-electron chi connectivity index (χ3n) is 7.70. The number of benzene rings is 6. The second kappa shape index (κ2) is 15.6. The molecule has 6 rings (SSSR count). The minimum absolute atomic E-state index is 0.0438. The number of fused-ring (bicyclic) bond motifs is 2. The number of nitrogens with zero attached hydrogens (tertiary/aromatic N) is 6. The van der Waals surface area contributed by atoms with Crippen LogP contribution < -0.4 is 0 Å². The first-order valence-corrected chi connectivity index (χ1v) is 17.3. The highest BCUT2D eigenvalue weighted by molar-refractivity contribution is 7.94. The Morgan fingerprint density at radius 3 is 1.71 bits per heavy atom. The van der Waals surface area contributed by atoms with Crippen LogP contribution >= 0.6 is 12.0 Å².